The molecule has 0 bridgehead atoms. The molecule has 0 spiro atoms. The minimum atomic E-state index is -0.101. The molecular weight excluding hydrogens is 236 g/mol. The zero-order chi connectivity index (χ0) is 12.8. The van der Waals surface area contributed by atoms with E-state index in [1.54, 1.807) is 4.90 Å². The minimum absolute atomic E-state index is 0.00136. The third-order valence-corrected chi connectivity index (χ3v) is 2.86. The van der Waals surface area contributed by atoms with Gasteiger partial charge in [-0.1, -0.05) is 19.1 Å². The fraction of sp³-hybridized carbons (Fsp3) is 0.455. The normalized spacial score (nSPS) is 11.9. The number of carbonyl (C=O) groups is 1. The van der Waals surface area contributed by atoms with Gasteiger partial charge in [-0.2, -0.15) is 0 Å². The molecule has 0 aliphatic rings. The van der Waals surface area contributed by atoms with E-state index in [0.29, 0.717) is 23.6 Å². The lowest BCUT2D eigenvalue weighted by Crippen LogP contribution is -2.38. The molecule has 1 atom stereocenters. The van der Waals surface area contributed by atoms with E-state index in [0.717, 1.165) is 0 Å². The first-order chi connectivity index (χ1) is 8.06. The van der Waals surface area contributed by atoms with Crippen LogP contribution < -0.4 is 5.73 Å². The van der Waals surface area contributed by atoms with Crippen molar-refractivity contribution in [1.29, 1.82) is 0 Å². The summed E-state index contributed by atoms with van der Waals surface area (Å²) in [5, 5.41) is 0. The second-order valence-electron chi connectivity index (χ2n) is 3.77. The number of thiocarbonyl (C=S) groups is 1. The largest absolute Gasteiger partial charge is 0.393 e. The van der Waals surface area contributed by atoms with Crippen molar-refractivity contribution in [2.24, 2.45) is 11.7 Å². The summed E-state index contributed by atoms with van der Waals surface area (Å²) in [5.41, 5.74) is 6.02. The highest BCUT2D eigenvalue weighted by molar-refractivity contribution is 7.80. The van der Waals surface area contributed by atoms with Gasteiger partial charge in [0.05, 0.1) is 10.6 Å². The van der Waals surface area contributed by atoms with Crippen LogP contribution in [0.15, 0.2) is 18.7 Å². The highest BCUT2D eigenvalue weighted by Gasteiger charge is 2.18. The van der Waals surface area contributed by atoms with E-state index >= 15 is 0 Å². The van der Waals surface area contributed by atoms with Crippen molar-refractivity contribution in [2.75, 3.05) is 13.1 Å². The van der Waals surface area contributed by atoms with Crippen LogP contribution in [0.5, 0.6) is 0 Å². The Morgan fingerprint density at radius 1 is 1.53 bits per heavy atom. The Morgan fingerprint density at radius 2 is 2.12 bits per heavy atom. The van der Waals surface area contributed by atoms with Gasteiger partial charge < -0.3 is 10.6 Å². The molecule has 6 heteroatoms. The molecular formula is C11H16N4OS. The number of hydrogen-bond acceptors (Lipinski definition) is 4. The molecule has 1 heterocycles. The van der Waals surface area contributed by atoms with Crippen molar-refractivity contribution in [3.63, 3.8) is 0 Å². The molecule has 2 N–H and O–H groups in total. The van der Waals surface area contributed by atoms with E-state index in [9.17, 15) is 4.79 Å². The summed E-state index contributed by atoms with van der Waals surface area (Å²) in [5.74, 6) is -0.102. The Bertz CT molecular complexity index is 396. The maximum Gasteiger partial charge on any atom is 0.257 e. The summed E-state index contributed by atoms with van der Waals surface area (Å²) in [4.78, 5) is 21.9. The molecule has 0 saturated heterocycles. The molecule has 0 saturated carbocycles. The second kappa shape index (κ2) is 6.24. The smallest absolute Gasteiger partial charge is 0.257 e. The Morgan fingerprint density at radius 3 is 2.59 bits per heavy atom. The van der Waals surface area contributed by atoms with Crippen LogP contribution in [0.3, 0.4) is 0 Å². The predicted molar refractivity (Wildman–Crippen MR) is 69.6 cm³/mol. The van der Waals surface area contributed by atoms with Crippen molar-refractivity contribution in [2.45, 2.75) is 13.8 Å². The highest BCUT2D eigenvalue weighted by atomic mass is 32.1. The minimum Gasteiger partial charge on any atom is -0.393 e. The standard InChI is InChI=1S/C11H16N4OS/c1-3-15(6-8(2)10(12)17)11(16)9-4-13-7-14-5-9/h4-5,7-8H,3,6H2,1-2H3,(H2,12,17). The molecule has 0 aliphatic carbocycles. The van der Waals surface area contributed by atoms with Gasteiger partial charge in [0.1, 0.15) is 6.33 Å². The SMILES string of the molecule is CCN(CC(C)C(N)=S)C(=O)c1cncnc1. The van der Waals surface area contributed by atoms with Gasteiger partial charge in [-0.05, 0) is 6.92 Å². The number of carbonyl (C=O) groups excluding carboxylic acids is 1. The zero-order valence-electron chi connectivity index (χ0n) is 9.96. The van der Waals surface area contributed by atoms with E-state index in [1.165, 1.54) is 18.7 Å². The molecule has 1 rings (SSSR count). The lowest BCUT2D eigenvalue weighted by atomic mass is 10.1. The molecule has 1 aromatic rings. The third-order valence-electron chi connectivity index (χ3n) is 2.46. The Hall–Kier alpha value is -1.56. The molecule has 5 nitrogen and oxygen atoms in total. The topological polar surface area (TPSA) is 72.1 Å². The summed E-state index contributed by atoms with van der Waals surface area (Å²) in [6, 6.07) is 0. The van der Waals surface area contributed by atoms with Gasteiger partial charge in [-0.25, -0.2) is 9.97 Å². The van der Waals surface area contributed by atoms with Crippen LogP contribution in [0.1, 0.15) is 24.2 Å². The van der Waals surface area contributed by atoms with Crippen LogP contribution >= 0.6 is 12.2 Å². The molecule has 0 fully saturated rings. The maximum atomic E-state index is 12.1. The lowest BCUT2D eigenvalue weighted by Gasteiger charge is -2.23. The summed E-state index contributed by atoms with van der Waals surface area (Å²) < 4.78 is 0. The van der Waals surface area contributed by atoms with E-state index in [2.05, 4.69) is 9.97 Å². The number of nitrogens with zero attached hydrogens (tertiary/aromatic N) is 3. The first-order valence-corrected chi connectivity index (χ1v) is 5.80. The summed E-state index contributed by atoms with van der Waals surface area (Å²) in [6.45, 7) is 4.92. The van der Waals surface area contributed by atoms with Crippen LogP contribution in [0.4, 0.5) is 0 Å². The zero-order valence-corrected chi connectivity index (χ0v) is 10.8. The van der Waals surface area contributed by atoms with Crippen molar-refractivity contribution in [3.8, 4) is 0 Å². The average Bonchev–Trinajstić information content (AvgIpc) is 2.35. The average molecular weight is 252 g/mol. The molecule has 0 aliphatic heterocycles. The summed E-state index contributed by atoms with van der Waals surface area (Å²) in [6.07, 6.45) is 4.40. The van der Waals surface area contributed by atoms with Crippen LogP contribution in [0.25, 0.3) is 0 Å². The predicted octanol–water partition coefficient (Wildman–Crippen LogP) is 0.861. The second-order valence-corrected chi connectivity index (χ2v) is 4.25. The molecule has 1 unspecified atom stereocenters. The van der Waals surface area contributed by atoms with Gasteiger partial charge in [0, 0.05) is 31.4 Å². The van der Waals surface area contributed by atoms with Crippen LogP contribution in [0.2, 0.25) is 0 Å². The van der Waals surface area contributed by atoms with Crippen LogP contribution in [0, 0.1) is 5.92 Å². The quantitative estimate of drug-likeness (QED) is 0.787. The van der Waals surface area contributed by atoms with E-state index in [-0.39, 0.29) is 11.8 Å². The van der Waals surface area contributed by atoms with Gasteiger partial charge in [0.25, 0.3) is 5.91 Å². The van der Waals surface area contributed by atoms with Crippen molar-refractivity contribution in [1.82, 2.24) is 14.9 Å². The number of amides is 1. The van der Waals surface area contributed by atoms with Crippen LogP contribution in [-0.4, -0.2) is 38.9 Å². The Labute approximate surface area is 106 Å². The fourth-order valence-corrected chi connectivity index (χ4v) is 1.44. The first-order valence-electron chi connectivity index (χ1n) is 5.39. The first kappa shape index (κ1) is 13.5. The van der Waals surface area contributed by atoms with Gasteiger partial charge in [0.2, 0.25) is 0 Å². The summed E-state index contributed by atoms with van der Waals surface area (Å²) >= 11 is 4.90. The number of rotatable bonds is 5. The fourth-order valence-electron chi connectivity index (χ4n) is 1.37. The molecule has 0 radical (unpaired) electrons. The van der Waals surface area contributed by atoms with Gasteiger partial charge in [-0.15, -0.1) is 0 Å². The third kappa shape index (κ3) is 3.74. The van der Waals surface area contributed by atoms with E-state index < -0.39 is 0 Å². The molecule has 0 aromatic carbocycles. The molecule has 92 valence electrons. The maximum absolute atomic E-state index is 12.1. The highest BCUT2D eigenvalue weighted by Crippen LogP contribution is 2.06. The monoisotopic (exact) mass is 252 g/mol. The lowest BCUT2D eigenvalue weighted by molar-refractivity contribution is 0.0754. The molecule has 1 amide bonds. The summed E-state index contributed by atoms with van der Waals surface area (Å²) in [7, 11) is 0. The Balaban J connectivity index is 2.75. The van der Waals surface area contributed by atoms with Gasteiger partial charge in [0.15, 0.2) is 0 Å². The van der Waals surface area contributed by atoms with Crippen molar-refractivity contribution < 1.29 is 4.79 Å². The van der Waals surface area contributed by atoms with Gasteiger partial charge in [-0.3, -0.25) is 4.79 Å². The van der Waals surface area contributed by atoms with E-state index in [1.807, 2.05) is 13.8 Å². The van der Waals surface area contributed by atoms with E-state index in [4.69, 9.17) is 18.0 Å². The van der Waals surface area contributed by atoms with Crippen LogP contribution in [-0.2, 0) is 0 Å². The van der Waals surface area contributed by atoms with Crippen molar-refractivity contribution in [3.05, 3.63) is 24.3 Å². The molecule has 1 aromatic heterocycles. The number of aromatic nitrogens is 2. The number of hydrogen-bond donors (Lipinski definition) is 1. The molecule has 17 heavy (non-hydrogen) atoms. The van der Waals surface area contributed by atoms with Crippen molar-refractivity contribution >= 4 is 23.1 Å². The van der Waals surface area contributed by atoms with Gasteiger partial charge >= 0.3 is 0 Å². The number of nitrogens with two attached hydrogens (primary N) is 1. The Kier molecular flexibility index (Phi) is 4.96.